The highest BCUT2D eigenvalue weighted by atomic mass is 16.1. The molecule has 1 atom stereocenters. The first-order valence-corrected chi connectivity index (χ1v) is 7.73. The number of carbonyl (C=O) groups is 1. The average Bonchev–Trinajstić information content (AvgIpc) is 3.01. The summed E-state index contributed by atoms with van der Waals surface area (Å²) in [7, 11) is 4.01. The third-order valence-electron chi connectivity index (χ3n) is 4.45. The zero-order valence-corrected chi connectivity index (χ0v) is 13.2. The number of nitrogens with one attached hydrogen (secondary N) is 1. The molecule has 2 aromatic rings. The van der Waals surface area contributed by atoms with E-state index >= 15 is 0 Å². The van der Waals surface area contributed by atoms with Gasteiger partial charge in [-0.25, -0.2) is 0 Å². The highest BCUT2D eigenvalue weighted by molar-refractivity contribution is 5.99. The van der Waals surface area contributed by atoms with E-state index in [1.807, 2.05) is 31.1 Å². The van der Waals surface area contributed by atoms with E-state index < -0.39 is 0 Å². The van der Waals surface area contributed by atoms with E-state index in [4.69, 9.17) is 0 Å². The monoisotopic (exact) mass is 310 g/mol. The first-order chi connectivity index (χ1) is 11.1. The van der Waals surface area contributed by atoms with Gasteiger partial charge < -0.3 is 10.2 Å². The summed E-state index contributed by atoms with van der Waals surface area (Å²) in [6, 6.07) is 7.94. The molecule has 0 bridgehead atoms. The van der Waals surface area contributed by atoms with Crippen LogP contribution in [-0.4, -0.2) is 40.1 Å². The van der Waals surface area contributed by atoms with Gasteiger partial charge >= 0.3 is 0 Å². The number of ketones is 1. The number of hydrogen-bond acceptors (Lipinski definition) is 6. The Balaban J connectivity index is 1.84. The molecule has 0 amide bonds. The summed E-state index contributed by atoms with van der Waals surface area (Å²) in [5.41, 5.74) is 3.90. The zero-order chi connectivity index (χ0) is 16.0. The third kappa shape index (κ3) is 2.19. The van der Waals surface area contributed by atoms with Crippen molar-refractivity contribution in [3.05, 3.63) is 41.1 Å². The summed E-state index contributed by atoms with van der Waals surface area (Å²) in [4.78, 5) is 14.6. The molecule has 0 spiro atoms. The van der Waals surface area contributed by atoms with Gasteiger partial charge in [0.25, 0.3) is 0 Å². The van der Waals surface area contributed by atoms with Crippen molar-refractivity contribution in [3.63, 3.8) is 0 Å². The Morgan fingerprint density at radius 1 is 1.22 bits per heavy atom. The second kappa shape index (κ2) is 5.19. The Morgan fingerprint density at radius 2 is 2.00 bits per heavy atom. The van der Waals surface area contributed by atoms with Gasteiger partial charge in [-0.05, 0) is 41.0 Å². The normalized spacial score (nSPS) is 19.9. The van der Waals surface area contributed by atoms with Gasteiger partial charge in [0.05, 0.1) is 0 Å². The second-order valence-electron chi connectivity index (χ2n) is 6.13. The molecule has 1 N–H and O–H groups in total. The Morgan fingerprint density at radius 3 is 2.74 bits per heavy atom. The molecule has 1 aliphatic heterocycles. The Bertz CT molecular complexity index is 789. The first-order valence-electron chi connectivity index (χ1n) is 7.73. The second-order valence-corrected chi connectivity index (χ2v) is 6.13. The lowest BCUT2D eigenvalue weighted by Crippen LogP contribution is -2.31. The minimum Gasteiger partial charge on any atom is -0.378 e. The van der Waals surface area contributed by atoms with Crippen LogP contribution in [-0.2, 0) is 4.79 Å². The molecule has 118 valence electrons. The molecule has 7 nitrogen and oxygen atoms in total. The van der Waals surface area contributed by atoms with Gasteiger partial charge in [-0.2, -0.15) is 4.68 Å². The fourth-order valence-electron chi connectivity index (χ4n) is 3.28. The fraction of sp³-hybridized carbons (Fsp3) is 0.375. The van der Waals surface area contributed by atoms with E-state index in [2.05, 4.69) is 33.0 Å². The summed E-state index contributed by atoms with van der Waals surface area (Å²) < 4.78 is 1.70. The maximum Gasteiger partial charge on any atom is 0.248 e. The van der Waals surface area contributed by atoms with Gasteiger partial charge in [-0.1, -0.05) is 17.2 Å². The van der Waals surface area contributed by atoms with Crippen LogP contribution in [0.15, 0.2) is 35.5 Å². The number of tetrazole rings is 1. The van der Waals surface area contributed by atoms with Crippen molar-refractivity contribution < 1.29 is 4.79 Å². The van der Waals surface area contributed by atoms with E-state index in [9.17, 15) is 4.79 Å². The molecule has 2 aliphatic rings. The van der Waals surface area contributed by atoms with Crippen molar-refractivity contribution in [1.82, 2.24) is 20.2 Å². The zero-order valence-electron chi connectivity index (χ0n) is 13.2. The number of aromatic nitrogens is 4. The molecule has 7 heteroatoms. The number of benzene rings is 1. The summed E-state index contributed by atoms with van der Waals surface area (Å²) in [5, 5.41) is 15.1. The SMILES string of the molecule is CN(C)c1ccc(C2C3=C(CCCC3=O)Nc3nnnn32)cc1. The predicted octanol–water partition coefficient (Wildman–Crippen LogP) is 1.76. The quantitative estimate of drug-likeness (QED) is 0.911. The molecule has 1 unspecified atom stereocenters. The number of rotatable bonds is 2. The van der Waals surface area contributed by atoms with Crippen LogP contribution >= 0.6 is 0 Å². The Kier molecular flexibility index (Phi) is 3.14. The van der Waals surface area contributed by atoms with Crippen LogP contribution in [0.2, 0.25) is 0 Å². The van der Waals surface area contributed by atoms with Crippen molar-refractivity contribution in [2.75, 3.05) is 24.3 Å². The number of nitrogens with zero attached hydrogens (tertiary/aromatic N) is 5. The smallest absolute Gasteiger partial charge is 0.248 e. The molecule has 0 saturated heterocycles. The molecule has 0 saturated carbocycles. The van der Waals surface area contributed by atoms with Crippen LogP contribution < -0.4 is 10.2 Å². The lowest BCUT2D eigenvalue weighted by Gasteiger charge is -2.31. The van der Waals surface area contributed by atoms with Gasteiger partial charge in [0.15, 0.2) is 5.78 Å². The third-order valence-corrected chi connectivity index (χ3v) is 4.45. The standard InChI is InChI=1S/C16H18N6O/c1-21(2)11-8-6-10(7-9-11)15-14-12(4-3-5-13(14)23)17-16-18-19-20-22(15)16/h6-9,15H,3-5H2,1-2H3,(H,17,18,20). The molecule has 1 aliphatic carbocycles. The predicted molar refractivity (Wildman–Crippen MR) is 86.2 cm³/mol. The molecule has 1 aromatic carbocycles. The topological polar surface area (TPSA) is 75.9 Å². The maximum absolute atomic E-state index is 12.5. The summed E-state index contributed by atoms with van der Waals surface area (Å²) >= 11 is 0. The van der Waals surface area contributed by atoms with E-state index in [0.717, 1.165) is 35.4 Å². The number of carbonyl (C=O) groups excluding carboxylic acids is 1. The van der Waals surface area contributed by atoms with Crippen molar-refractivity contribution in [3.8, 4) is 0 Å². The number of Topliss-reactive ketones (excluding diaryl/α,β-unsaturated/α-hetero) is 1. The van der Waals surface area contributed by atoms with E-state index in [1.165, 1.54) is 0 Å². The Hall–Kier alpha value is -2.70. The lowest BCUT2D eigenvalue weighted by molar-refractivity contribution is -0.116. The first kappa shape index (κ1) is 13.9. The van der Waals surface area contributed by atoms with Crippen molar-refractivity contribution in [2.45, 2.75) is 25.3 Å². The molecule has 2 heterocycles. The summed E-state index contributed by atoms with van der Waals surface area (Å²) in [6.45, 7) is 0. The largest absolute Gasteiger partial charge is 0.378 e. The molecular formula is C16H18N6O. The van der Waals surface area contributed by atoms with E-state index in [0.29, 0.717) is 12.4 Å². The van der Waals surface area contributed by atoms with Crippen LogP contribution in [0.4, 0.5) is 11.6 Å². The molecule has 0 radical (unpaired) electrons. The summed E-state index contributed by atoms with van der Waals surface area (Å²) in [5.74, 6) is 0.779. The minimum atomic E-state index is -0.250. The van der Waals surface area contributed by atoms with Crippen LogP contribution in [0.3, 0.4) is 0 Å². The number of hydrogen-bond donors (Lipinski definition) is 1. The molecule has 23 heavy (non-hydrogen) atoms. The van der Waals surface area contributed by atoms with Gasteiger partial charge in [-0.15, -0.1) is 0 Å². The van der Waals surface area contributed by atoms with Gasteiger partial charge in [0, 0.05) is 37.5 Å². The number of allylic oxidation sites excluding steroid dienone is 2. The molecule has 0 fully saturated rings. The highest BCUT2D eigenvalue weighted by Crippen LogP contribution is 2.39. The van der Waals surface area contributed by atoms with Crippen molar-refractivity contribution in [2.24, 2.45) is 0 Å². The highest BCUT2D eigenvalue weighted by Gasteiger charge is 2.36. The van der Waals surface area contributed by atoms with E-state index in [1.54, 1.807) is 4.68 Å². The van der Waals surface area contributed by atoms with Crippen LogP contribution in [0.25, 0.3) is 0 Å². The molecular weight excluding hydrogens is 292 g/mol. The maximum atomic E-state index is 12.5. The number of anilines is 2. The van der Waals surface area contributed by atoms with Crippen LogP contribution in [0, 0.1) is 0 Å². The van der Waals surface area contributed by atoms with Crippen molar-refractivity contribution in [1.29, 1.82) is 0 Å². The van der Waals surface area contributed by atoms with Gasteiger partial charge in [0.2, 0.25) is 5.95 Å². The van der Waals surface area contributed by atoms with Crippen LogP contribution in [0.5, 0.6) is 0 Å². The molecule has 4 rings (SSSR count). The van der Waals surface area contributed by atoms with Gasteiger partial charge in [0.1, 0.15) is 6.04 Å². The Labute approximate surface area is 134 Å². The lowest BCUT2D eigenvalue weighted by atomic mass is 9.85. The van der Waals surface area contributed by atoms with Crippen molar-refractivity contribution >= 4 is 17.4 Å². The van der Waals surface area contributed by atoms with Crippen LogP contribution in [0.1, 0.15) is 30.9 Å². The fourth-order valence-corrected chi connectivity index (χ4v) is 3.28. The van der Waals surface area contributed by atoms with E-state index in [-0.39, 0.29) is 11.8 Å². The summed E-state index contributed by atoms with van der Waals surface area (Å²) in [6.07, 6.45) is 2.32. The van der Waals surface area contributed by atoms with Gasteiger partial charge in [-0.3, -0.25) is 4.79 Å². The average molecular weight is 310 g/mol. The minimum absolute atomic E-state index is 0.182. The number of fused-ring (bicyclic) bond motifs is 1. The molecule has 1 aromatic heterocycles.